The molecule has 1 aromatic rings. The van der Waals surface area contributed by atoms with Crippen LogP contribution in [-0.2, 0) is 6.54 Å². The minimum Gasteiger partial charge on any atom is -0.371 e. The minimum atomic E-state index is -0.126. The van der Waals surface area contributed by atoms with E-state index in [1.165, 1.54) is 12.8 Å². The highest BCUT2D eigenvalue weighted by molar-refractivity contribution is 5.49. The Morgan fingerprint density at radius 2 is 2.00 bits per heavy atom. The van der Waals surface area contributed by atoms with Crippen LogP contribution in [0.25, 0.3) is 0 Å². The molecular weight excluding hydrogens is 227 g/mol. The predicted molar refractivity (Wildman–Crippen MR) is 74.4 cm³/mol. The number of benzene rings is 1. The average molecular weight is 250 g/mol. The molecule has 2 rings (SSSR count). The van der Waals surface area contributed by atoms with Crippen LogP contribution in [-0.4, -0.2) is 19.6 Å². The smallest absolute Gasteiger partial charge is 0.125 e. The van der Waals surface area contributed by atoms with Crippen molar-refractivity contribution in [2.24, 2.45) is 5.92 Å². The lowest BCUT2D eigenvalue weighted by Gasteiger charge is -2.32. The number of rotatable bonds is 4. The lowest BCUT2D eigenvalue weighted by atomic mass is 9.98. The van der Waals surface area contributed by atoms with Crippen LogP contribution in [0.15, 0.2) is 18.2 Å². The second kappa shape index (κ2) is 6.19. The molecule has 0 radical (unpaired) electrons. The number of piperidine rings is 1. The minimum absolute atomic E-state index is 0.126. The van der Waals surface area contributed by atoms with E-state index < -0.39 is 0 Å². The molecule has 1 aliphatic heterocycles. The second-order valence-corrected chi connectivity index (χ2v) is 5.27. The van der Waals surface area contributed by atoms with Gasteiger partial charge in [-0.1, -0.05) is 13.8 Å². The standard InChI is InChI=1S/C15H23FN2/c1-3-17-11-13-8-14(16)10-15(9-13)18-6-4-12(2)5-7-18/h8-10,12,17H,3-7,11H2,1-2H3. The van der Waals surface area contributed by atoms with Gasteiger partial charge in [0.1, 0.15) is 5.82 Å². The van der Waals surface area contributed by atoms with Gasteiger partial charge in [0.05, 0.1) is 0 Å². The highest BCUT2D eigenvalue weighted by Crippen LogP contribution is 2.24. The van der Waals surface area contributed by atoms with Gasteiger partial charge in [-0.15, -0.1) is 0 Å². The number of anilines is 1. The molecule has 18 heavy (non-hydrogen) atoms. The van der Waals surface area contributed by atoms with Gasteiger partial charge in [-0.2, -0.15) is 0 Å². The fraction of sp³-hybridized carbons (Fsp3) is 0.600. The van der Waals surface area contributed by atoms with E-state index in [1.54, 1.807) is 12.1 Å². The summed E-state index contributed by atoms with van der Waals surface area (Å²) in [5.41, 5.74) is 2.07. The van der Waals surface area contributed by atoms with Gasteiger partial charge in [-0.25, -0.2) is 4.39 Å². The number of nitrogens with zero attached hydrogens (tertiary/aromatic N) is 1. The van der Waals surface area contributed by atoms with Crippen molar-refractivity contribution >= 4 is 5.69 Å². The second-order valence-electron chi connectivity index (χ2n) is 5.27. The van der Waals surface area contributed by atoms with E-state index in [4.69, 9.17) is 0 Å². The van der Waals surface area contributed by atoms with Gasteiger partial charge in [-0.05, 0) is 49.1 Å². The molecule has 1 heterocycles. The van der Waals surface area contributed by atoms with Gasteiger partial charge >= 0.3 is 0 Å². The fourth-order valence-electron chi connectivity index (χ4n) is 2.45. The third-order valence-corrected chi connectivity index (χ3v) is 3.67. The van der Waals surface area contributed by atoms with Crippen LogP contribution < -0.4 is 10.2 Å². The van der Waals surface area contributed by atoms with Crippen molar-refractivity contribution < 1.29 is 4.39 Å². The summed E-state index contributed by atoms with van der Waals surface area (Å²) in [6.07, 6.45) is 2.41. The van der Waals surface area contributed by atoms with Crippen LogP contribution in [0.1, 0.15) is 32.3 Å². The molecule has 1 aliphatic rings. The van der Waals surface area contributed by atoms with Gasteiger partial charge in [0, 0.05) is 25.3 Å². The first kappa shape index (κ1) is 13.3. The molecule has 1 fully saturated rings. The zero-order valence-electron chi connectivity index (χ0n) is 11.4. The normalized spacial score (nSPS) is 17.2. The fourth-order valence-corrected chi connectivity index (χ4v) is 2.45. The molecular formula is C15H23FN2. The summed E-state index contributed by atoms with van der Waals surface area (Å²) < 4.78 is 13.6. The van der Waals surface area contributed by atoms with Crippen molar-refractivity contribution in [2.75, 3.05) is 24.5 Å². The van der Waals surface area contributed by atoms with Crippen molar-refractivity contribution in [2.45, 2.75) is 33.2 Å². The van der Waals surface area contributed by atoms with E-state index in [1.807, 2.05) is 0 Å². The summed E-state index contributed by atoms with van der Waals surface area (Å²) in [5, 5.41) is 3.24. The van der Waals surface area contributed by atoms with Crippen LogP contribution >= 0.6 is 0 Å². The summed E-state index contributed by atoms with van der Waals surface area (Å²) in [6, 6.07) is 5.39. The number of hydrogen-bond donors (Lipinski definition) is 1. The Morgan fingerprint density at radius 1 is 1.28 bits per heavy atom. The van der Waals surface area contributed by atoms with Crippen LogP contribution in [0.5, 0.6) is 0 Å². The lowest BCUT2D eigenvalue weighted by molar-refractivity contribution is 0.438. The molecule has 0 saturated carbocycles. The lowest BCUT2D eigenvalue weighted by Crippen LogP contribution is -2.32. The Hall–Kier alpha value is -1.09. The van der Waals surface area contributed by atoms with Crippen LogP contribution in [0.2, 0.25) is 0 Å². The highest BCUT2D eigenvalue weighted by Gasteiger charge is 2.16. The Balaban J connectivity index is 2.09. The third-order valence-electron chi connectivity index (χ3n) is 3.67. The van der Waals surface area contributed by atoms with Crippen molar-refractivity contribution in [3.63, 3.8) is 0 Å². The van der Waals surface area contributed by atoms with E-state index in [0.717, 1.165) is 43.3 Å². The Bertz CT molecular complexity index is 384. The molecule has 0 amide bonds. The van der Waals surface area contributed by atoms with Gasteiger partial charge in [0.15, 0.2) is 0 Å². The average Bonchev–Trinajstić information content (AvgIpc) is 2.36. The highest BCUT2D eigenvalue weighted by atomic mass is 19.1. The van der Waals surface area contributed by atoms with E-state index in [0.29, 0.717) is 0 Å². The molecule has 1 aromatic carbocycles. The van der Waals surface area contributed by atoms with Crippen molar-refractivity contribution in [3.05, 3.63) is 29.6 Å². The molecule has 1 saturated heterocycles. The molecule has 3 heteroatoms. The first-order chi connectivity index (χ1) is 8.69. The number of nitrogens with one attached hydrogen (secondary N) is 1. The molecule has 0 spiro atoms. The first-order valence-corrected chi connectivity index (χ1v) is 6.94. The maximum atomic E-state index is 13.6. The van der Waals surface area contributed by atoms with Crippen LogP contribution in [0, 0.1) is 11.7 Å². The molecule has 1 N–H and O–H groups in total. The van der Waals surface area contributed by atoms with Crippen molar-refractivity contribution in [3.8, 4) is 0 Å². The molecule has 0 bridgehead atoms. The SMILES string of the molecule is CCNCc1cc(F)cc(N2CCC(C)CC2)c1. The molecule has 0 unspecified atom stereocenters. The van der Waals surface area contributed by atoms with Crippen molar-refractivity contribution in [1.29, 1.82) is 0 Å². The molecule has 0 aromatic heterocycles. The Morgan fingerprint density at radius 3 is 2.67 bits per heavy atom. The third kappa shape index (κ3) is 3.45. The summed E-state index contributed by atoms with van der Waals surface area (Å²) >= 11 is 0. The zero-order chi connectivity index (χ0) is 13.0. The van der Waals surface area contributed by atoms with Crippen LogP contribution in [0.3, 0.4) is 0 Å². The number of halogens is 1. The van der Waals surface area contributed by atoms with Gasteiger partial charge < -0.3 is 10.2 Å². The Labute approximate surface area is 109 Å². The predicted octanol–water partition coefficient (Wildman–Crippen LogP) is 3.17. The quantitative estimate of drug-likeness (QED) is 0.883. The summed E-state index contributed by atoms with van der Waals surface area (Å²) in [4.78, 5) is 2.30. The van der Waals surface area contributed by atoms with Crippen LogP contribution in [0.4, 0.5) is 10.1 Å². The molecule has 2 nitrogen and oxygen atoms in total. The Kier molecular flexibility index (Phi) is 4.59. The summed E-state index contributed by atoms with van der Waals surface area (Å²) in [7, 11) is 0. The number of hydrogen-bond acceptors (Lipinski definition) is 2. The molecule has 0 aliphatic carbocycles. The van der Waals surface area contributed by atoms with Crippen molar-refractivity contribution in [1.82, 2.24) is 5.32 Å². The van der Waals surface area contributed by atoms with Gasteiger partial charge in [0.25, 0.3) is 0 Å². The van der Waals surface area contributed by atoms with E-state index >= 15 is 0 Å². The monoisotopic (exact) mass is 250 g/mol. The van der Waals surface area contributed by atoms with Gasteiger partial charge in [0.2, 0.25) is 0 Å². The molecule has 0 atom stereocenters. The maximum Gasteiger partial charge on any atom is 0.125 e. The van der Waals surface area contributed by atoms with E-state index in [-0.39, 0.29) is 5.82 Å². The first-order valence-electron chi connectivity index (χ1n) is 6.94. The molecule has 100 valence electrons. The topological polar surface area (TPSA) is 15.3 Å². The zero-order valence-corrected chi connectivity index (χ0v) is 11.4. The van der Waals surface area contributed by atoms with E-state index in [2.05, 4.69) is 30.1 Å². The summed E-state index contributed by atoms with van der Waals surface area (Å²) in [5.74, 6) is 0.676. The van der Waals surface area contributed by atoms with Gasteiger partial charge in [-0.3, -0.25) is 0 Å². The maximum absolute atomic E-state index is 13.6. The summed E-state index contributed by atoms with van der Waals surface area (Å²) in [6.45, 7) is 8.10. The van der Waals surface area contributed by atoms with E-state index in [9.17, 15) is 4.39 Å². The largest absolute Gasteiger partial charge is 0.371 e.